The van der Waals surface area contributed by atoms with E-state index >= 15 is 0 Å². The fourth-order valence-corrected chi connectivity index (χ4v) is 1.71. The summed E-state index contributed by atoms with van der Waals surface area (Å²) >= 11 is 0. The van der Waals surface area contributed by atoms with E-state index < -0.39 is 21.7 Å². The molecule has 0 unspecified atom stereocenters. The van der Waals surface area contributed by atoms with Crippen LogP contribution in [-0.4, -0.2) is 27.2 Å². The maximum Gasteiger partial charge on any atom is 0.338 e. The van der Waals surface area contributed by atoms with Gasteiger partial charge in [-0.25, -0.2) is 13.2 Å². The lowest BCUT2D eigenvalue weighted by atomic mass is 10.2. The van der Waals surface area contributed by atoms with Crippen molar-refractivity contribution in [2.75, 3.05) is 17.6 Å². The summed E-state index contributed by atoms with van der Waals surface area (Å²) < 4.78 is 28.8. The fraction of sp³-hybridized carbons (Fsp3) is 0.300. The van der Waals surface area contributed by atoms with Crippen LogP contribution in [-0.2, 0) is 19.9 Å². The predicted octanol–water partition coefficient (Wildman–Crippen LogP) is 1.38. The van der Waals surface area contributed by atoms with Crippen molar-refractivity contribution >= 4 is 21.7 Å². The monoisotopic (exact) mass is 258 g/mol. The Hall–Kier alpha value is -1.76. The molecular formula is C10H12NO5S. The molecule has 0 spiro atoms. The minimum Gasteiger partial charge on any atom is -0.462 e. The molecular weight excluding hydrogens is 246 g/mol. The van der Waals surface area contributed by atoms with Gasteiger partial charge in [0.05, 0.1) is 24.1 Å². The number of hydrogen-bond acceptors (Lipinski definition) is 4. The zero-order valence-corrected chi connectivity index (χ0v) is 10.2. The van der Waals surface area contributed by atoms with Gasteiger partial charge in [0, 0.05) is 0 Å². The number of sulfonamides is 1. The van der Waals surface area contributed by atoms with Crippen LogP contribution < -0.4 is 4.72 Å². The zero-order valence-electron chi connectivity index (χ0n) is 9.39. The van der Waals surface area contributed by atoms with Gasteiger partial charge in [0.15, 0.2) is 0 Å². The van der Waals surface area contributed by atoms with Crippen molar-refractivity contribution < 1.29 is 23.1 Å². The van der Waals surface area contributed by atoms with Gasteiger partial charge in [-0.05, 0) is 25.1 Å². The van der Waals surface area contributed by atoms with Crippen LogP contribution in [0.5, 0.6) is 5.75 Å². The summed E-state index contributed by atoms with van der Waals surface area (Å²) in [6.45, 7) is 1.85. The molecule has 0 saturated heterocycles. The highest BCUT2D eigenvalue weighted by Gasteiger charge is 2.13. The maximum absolute atomic E-state index is 11.4. The Morgan fingerprint density at radius 2 is 2.06 bits per heavy atom. The summed E-state index contributed by atoms with van der Waals surface area (Å²) in [5.41, 5.74) is -0.0457. The Labute approximate surface area is 99.3 Å². The first-order chi connectivity index (χ1) is 7.83. The van der Waals surface area contributed by atoms with Crippen molar-refractivity contribution in [3.05, 3.63) is 23.8 Å². The SMILES string of the molecule is CCOC(=O)c1ccc([O])c(NS(C)(=O)=O)c1. The Balaban J connectivity index is 3.06. The molecule has 0 aliphatic carbocycles. The van der Waals surface area contributed by atoms with Gasteiger partial charge in [0.2, 0.25) is 15.8 Å². The molecule has 0 amide bonds. The molecule has 1 aromatic rings. The van der Waals surface area contributed by atoms with Crippen LogP contribution in [0, 0.1) is 0 Å². The van der Waals surface area contributed by atoms with Gasteiger partial charge in [0.1, 0.15) is 0 Å². The van der Waals surface area contributed by atoms with E-state index in [1.807, 2.05) is 4.72 Å². The van der Waals surface area contributed by atoms with Crippen LogP contribution in [0.2, 0.25) is 0 Å². The van der Waals surface area contributed by atoms with E-state index in [9.17, 15) is 18.3 Å². The predicted molar refractivity (Wildman–Crippen MR) is 61.0 cm³/mol. The molecule has 0 heterocycles. The van der Waals surface area contributed by atoms with Gasteiger partial charge >= 0.3 is 5.97 Å². The molecule has 0 saturated carbocycles. The first-order valence-corrected chi connectivity index (χ1v) is 6.68. The molecule has 0 fully saturated rings. The Kier molecular flexibility index (Phi) is 3.95. The average Bonchev–Trinajstić information content (AvgIpc) is 2.19. The molecule has 1 rings (SSSR count). The second-order valence-electron chi connectivity index (χ2n) is 3.31. The molecule has 1 N–H and O–H groups in total. The summed E-state index contributed by atoms with van der Waals surface area (Å²) in [4.78, 5) is 11.4. The molecule has 1 aromatic carbocycles. The molecule has 7 heteroatoms. The molecule has 0 bridgehead atoms. The Morgan fingerprint density at radius 1 is 1.41 bits per heavy atom. The van der Waals surface area contributed by atoms with Gasteiger partial charge < -0.3 is 4.74 Å². The zero-order chi connectivity index (χ0) is 13.1. The van der Waals surface area contributed by atoms with Crippen molar-refractivity contribution in [2.45, 2.75) is 6.92 Å². The van der Waals surface area contributed by atoms with Crippen molar-refractivity contribution in [2.24, 2.45) is 0 Å². The number of nitrogens with one attached hydrogen (secondary N) is 1. The smallest absolute Gasteiger partial charge is 0.338 e. The van der Waals surface area contributed by atoms with E-state index in [-0.39, 0.29) is 17.9 Å². The summed E-state index contributed by atoms with van der Waals surface area (Å²) in [6.07, 6.45) is 0.920. The summed E-state index contributed by atoms with van der Waals surface area (Å²) in [7, 11) is -3.56. The summed E-state index contributed by atoms with van der Waals surface area (Å²) in [5, 5.41) is 11.4. The maximum atomic E-state index is 11.4. The number of hydrogen-bond donors (Lipinski definition) is 1. The minimum atomic E-state index is -3.56. The normalized spacial score (nSPS) is 10.9. The third kappa shape index (κ3) is 3.95. The van der Waals surface area contributed by atoms with Crippen LogP contribution in [0.25, 0.3) is 0 Å². The minimum absolute atomic E-state index is 0.123. The largest absolute Gasteiger partial charge is 0.462 e. The standard InChI is InChI=1S/C10H12NO5S/c1-3-16-10(13)7-4-5-9(12)8(6-7)11-17(2,14)15/h4-6,11H,3H2,1-2H3. The van der Waals surface area contributed by atoms with Gasteiger partial charge in [-0.2, -0.15) is 0 Å². The fourth-order valence-electron chi connectivity index (χ4n) is 1.15. The first-order valence-electron chi connectivity index (χ1n) is 4.79. The van der Waals surface area contributed by atoms with Crippen molar-refractivity contribution in [1.29, 1.82) is 0 Å². The lowest BCUT2D eigenvalue weighted by molar-refractivity contribution is 0.0526. The third-order valence-corrected chi connectivity index (χ3v) is 2.38. The number of ether oxygens (including phenoxy) is 1. The molecule has 0 aliphatic rings. The molecule has 0 aromatic heterocycles. The van der Waals surface area contributed by atoms with Crippen molar-refractivity contribution in [3.63, 3.8) is 0 Å². The quantitative estimate of drug-likeness (QED) is 0.825. The molecule has 1 radical (unpaired) electrons. The summed E-state index contributed by atoms with van der Waals surface area (Å²) in [6, 6.07) is 3.55. The number of carbonyl (C=O) groups excluding carboxylic acids is 1. The molecule has 0 aliphatic heterocycles. The highest BCUT2D eigenvalue weighted by Crippen LogP contribution is 2.26. The van der Waals surface area contributed by atoms with Gasteiger partial charge in [0.25, 0.3) is 0 Å². The van der Waals surface area contributed by atoms with Crippen LogP contribution in [0.4, 0.5) is 5.69 Å². The van der Waals surface area contributed by atoms with Crippen LogP contribution in [0.1, 0.15) is 17.3 Å². The summed E-state index contributed by atoms with van der Waals surface area (Å²) in [5.74, 6) is -1.12. The molecule has 93 valence electrons. The van der Waals surface area contributed by atoms with Crippen LogP contribution >= 0.6 is 0 Å². The van der Waals surface area contributed by atoms with Gasteiger partial charge in [-0.15, -0.1) is 0 Å². The third-order valence-electron chi connectivity index (χ3n) is 1.79. The van der Waals surface area contributed by atoms with Gasteiger partial charge in [-0.1, -0.05) is 0 Å². The van der Waals surface area contributed by atoms with Crippen molar-refractivity contribution in [3.8, 4) is 5.75 Å². The number of esters is 1. The van der Waals surface area contributed by atoms with Crippen LogP contribution in [0.15, 0.2) is 18.2 Å². The molecule has 6 nitrogen and oxygen atoms in total. The van der Waals surface area contributed by atoms with E-state index in [1.54, 1.807) is 6.92 Å². The van der Waals surface area contributed by atoms with E-state index in [0.717, 1.165) is 18.4 Å². The topological polar surface area (TPSA) is 92.4 Å². The number of carbonyl (C=O) groups is 1. The molecule has 17 heavy (non-hydrogen) atoms. The number of rotatable bonds is 4. The van der Waals surface area contributed by atoms with Crippen LogP contribution in [0.3, 0.4) is 0 Å². The average molecular weight is 258 g/mol. The first kappa shape index (κ1) is 13.3. The highest BCUT2D eigenvalue weighted by atomic mass is 32.2. The lowest BCUT2D eigenvalue weighted by Crippen LogP contribution is -2.11. The van der Waals surface area contributed by atoms with E-state index in [2.05, 4.69) is 0 Å². The highest BCUT2D eigenvalue weighted by molar-refractivity contribution is 7.92. The van der Waals surface area contributed by atoms with Crippen molar-refractivity contribution in [1.82, 2.24) is 0 Å². The number of anilines is 1. The second kappa shape index (κ2) is 5.05. The van der Waals surface area contributed by atoms with Gasteiger partial charge in [-0.3, -0.25) is 9.83 Å². The Morgan fingerprint density at radius 3 is 2.59 bits per heavy atom. The van der Waals surface area contributed by atoms with E-state index in [4.69, 9.17) is 4.74 Å². The lowest BCUT2D eigenvalue weighted by Gasteiger charge is -2.07. The molecule has 0 atom stereocenters. The Bertz CT molecular complexity index is 523. The van der Waals surface area contributed by atoms with E-state index in [0.29, 0.717) is 0 Å². The number of benzene rings is 1. The van der Waals surface area contributed by atoms with E-state index in [1.165, 1.54) is 6.07 Å². The second-order valence-corrected chi connectivity index (χ2v) is 5.05.